The molecule has 0 fully saturated rings. The molecule has 0 atom stereocenters. The van der Waals surface area contributed by atoms with Crippen LogP contribution in [0.3, 0.4) is 0 Å². The first-order valence-electron chi connectivity index (χ1n) is 5.48. The van der Waals surface area contributed by atoms with Crippen LogP contribution >= 0.6 is 11.6 Å². The third kappa shape index (κ3) is 4.52. The normalized spacial score (nSPS) is 10.9. The molecule has 3 N–H and O–H groups in total. The van der Waals surface area contributed by atoms with Crippen molar-refractivity contribution >= 4 is 11.6 Å². The summed E-state index contributed by atoms with van der Waals surface area (Å²) in [5.74, 6) is 0.659. The number of halogens is 1. The van der Waals surface area contributed by atoms with E-state index in [-0.39, 0.29) is 19.3 Å². The van der Waals surface area contributed by atoms with E-state index >= 15 is 0 Å². The van der Waals surface area contributed by atoms with Crippen LogP contribution in [0.2, 0.25) is 5.02 Å². The maximum absolute atomic E-state index is 8.88. The molecule has 0 saturated carbocycles. The van der Waals surface area contributed by atoms with Gasteiger partial charge in [0.1, 0.15) is 5.75 Å². The first-order valence-corrected chi connectivity index (χ1v) is 5.86. The van der Waals surface area contributed by atoms with Gasteiger partial charge in [0.05, 0.1) is 31.4 Å². The second kappa shape index (κ2) is 7.50. The largest absolute Gasteiger partial charge is 0.495 e. The van der Waals surface area contributed by atoms with E-state index in [0.29, 0.717) is 17.3 Å². The zero-order valence-electron chi connectivity index (χ0n) is 9.82. The maximum atomic E-state index is 8.88. The highest BCUT2D eigenvalue weighted by atomic mass is 35.5. The molecule has 17 heavy (non-hydrogen) atoms. The Morgan fingerprint density at radius 2 is 2.06 bits per heavy atom. The Labute approximate surface area is 106 Å². The molecule has 96 valence electrons. The molecule has 0 aliphatic heterocycles. The third-order valence-electron chi connectivity index (χ3n) is 2.50. The molecule has 0 saturated heterocycles. The Bertz CT molecular complexity index is 343. The van der Waals surface area contributed by atoms with E-state index in [4.69, 9.17) is 26.6 Å². The van der Waals surface area contributed by atoms with Crippen LogP contribution in [-0.2, 0) is 6.42 Å². The molecule has 0 radical (unpaired) electrons. The lowest BCUT2D eigenvalue weighted by Crippen LogP contribution is -2.36. The standard InChI is InChI=1S/C12H18ClNO3/c1-17-12-3-2-9(6-11(12)13)4-5-14-10(7-15)8-16/h2-3,6,10,14-16H,4-5,7-8H2,1H3. The number of rotatable bonds is 7. The summed E-state index contributed by atoms with van der Waals surface area (Å²) in [5.41, 5.74) is 1.08. The van der Waals surface area contributed by atoms with E-state index in [1.807, 2.05) is 18.2 Å². The summed E-state index contributed by atoms with van der Waals surface area (Å²) in [6, 6.07) is 5.37. The first-order chi connectivity index (χ1) is 8.21. The summed E-state index contributed by atoms with van der Waals surface area (Å²) < 4.78 is 5.06. The van der Waals surface area contributed by atoms with Gasteiger partial charge in [-0.05, 0) is 30.7 Å². The lowest BCUT2D eigenvalue weighted by molar-refractivity contribution is 0.171. The van der Waals surface area contributed by atoms with E-state index in [1.54, 1.807) is 7.11 Å². The second-order valence-corrected chi connectivity index (χ2v) is 4.14. The van der Waals surface area contributed by atoms with Gasteiger partial charge < -0.3 is 20.3 Å². The average molecular weight is 260 g/mol. The van der Waals surface area contributed by atoms with Gasteiger partial charge in [-0.3, -0.25) is 0 Å². The fourth-order valence-electron chi connectivity index (χ4n) is 1.47. The summed E-state index contributed by atoms with van der Waals surface area (Å²) in [4.78, 5) is 0. The van der Waals surface area contributed by atoms with E-state index in [0.717, 1.165) is 12.0 Å². The van der Waals surface area contributed by atoms with Crippen molar-refractivity contribution in [3.8, 4) is 5.75 Å². The van der Waals surface area contributed by atoms with Crippen LogP contribution in [0.25, 0.3) is 0 Å². The number of benzene rings is 1. The van der Waals surface area contributed by atoms with Crippen molar-refractivity contribution in [2.75, 3.05) is 26.9 Å². The Hall–Kier alpha value is -0.810. The van der Waals surface area contributed by atoms with Gasteiger partial charge in [0, 0.05) is 0 Å². The summed E-state index contributed by atoms with van der Waals surface area (Å²) in [6.45, 7) is 0.536. The molecule has 0 unspecified atom stereocenters. The second-order valence-electron chi connectivity index (χ2n) is 3.74. The van der Waals surface area contributed by atoms with Crippen molar-refractivity contribution in [2.45, 2.75) is 12.5 Å². The predicted octanol–water partition coefficient (Wildman–Crippen LogP) is 0.834. The summed E-state index contributed by atoms with van der Waals surface area (Å²) >= 11 is 6.00. The van der Waals surface area contributed by atoms with Crippen LogP contribution in [0.5, 0.6) is 5.75 Å². The first kappa shape index (κ1) is 14.3. The maximum Gasteiger partial charge on any atom is 0.137 e. The van der Waals surface area contributed by atoms with Gasteiger partial charge in [0.15, 0.2) is 0 Å². The number of hydrogen-bond acceptors (Lipinski definition) is 4. The van der Waals surface area contributed by atoms with E-state index in [1.165, 1.54) is 0 Å². The van der Waals surface area contributed by atoms with Crippen LogP contribution in [0.4, 0.5) is 0 Å². The molecule has 0 aromatic heterocycles. The van der Waals surface area contributed by atoms with Crippen molar-refractivity contribution in [3.63, 3.8) is 0 Å². The number of hydrogen-bond donors (Lipinski definition) is 3. The number of ether oxygens (including phenoxy) is 1. The smallest absolute Gasteiger partial charge is 0.137 e. The zero-order chi connectivity index (χ0) is 12.7. The van der Waals surface area contributed by atoms with Crippen molar-refractivity contribution in [2.24, 2.45) is 0 Å². The van der Waals surface area contributed by atoms with Crippen LogP contribution in [0.15, 0.2) is 18.2 Å². The molecular formula is C12H18ClNO3. The van der Waals surface area contributed by atoms with Crippen molar-refractivity contribution in [1.82, 2.24) is 5.32 Å². The molecule has 0 amide bonds. The summed E-state index contributed by atoms with van der Waals surface area (Å²) in [6.07, 6.45) is 0.778. The van der Waals surface area contributed by atoms with Gasteiger partial charge in [-0.2, -0.15) is 0 Å². The Morgan fingerprint density at radius 1 is 1.35 bits per heavy atom. The molecule has 1 rings (SSSR count). The fraction of sp³-hybridized carbons (Fsp3) is 0.500. The van der Waals surface area contributed by atoms with Gasteiger partial charge in [-0.25, -0.2) is 0 Å². The highest BCUT2D eigenvalue weighted by molar-refractivity contribution is 6.32. The molecule has 0 bridgehead atoms. The molecular weight excluding hydrogens is 242 g/mol. The molecule has 0 heterocycles. The van der Waals surface area contributed by atoms with Gasteiger partial charge >= 0.3 is 0 Å². The molecule has 5 heteroatoms. The highest BCUT2D eigenvalue weighted by Crippen LogP contribution is 2.24. The Morgan fingerprint density at radius 3 is 2.59 bits per heavy atom. The van der Waals surface area contributed by atoms with Crippen molar-refractivity contribution in [1.29, 1.82) is 0 Å². The lowest BCUT2D eigenvalue weighted by Gasteiger charge is -2.13. The van der Waals surface area contributed by atoms with Crippen LogP contribution in [-0.4, -0.2) is 43.1 Å². The monoisotopic (exact) mass is 259 g/mol. The van der Waals surface area contributed by atoms with Gasteiger partial charge in [-0.1, -0.05) is 17.7 Å². The molecule has 4 nitrogen and oxygen atoms in total. The van der Waals surface area contributed by atoms with Gasteiger partial charge in [0.2, 0.25) is 0 Å². The molecule has 0 aliphatic rings. The third-order valence-corrected chi connectivity index (χ3v) is 2.80. The van der Waals surface area contributed by atoms with Crippen LogP contribution < -0.4 is 10.1 Å². The predicted molar refractivity (Wildman–Crippen MR) is 67.7 cm³/mol. The number of aliphatic hydroxyl groups excluding tert-OH is 2. The molecule has 1 aromatic carbocycles. The van der Waals surface area contributed by atoms with Crippen molar-refractivity contribution < 1.29 is 14.9 Å². The van der Waals surface area contributed by atoms with Gasteiger partial charge in [0.25, 0.3) is 0 Å². The SMILES string of the molecule is COc1ccc(CCNC(CO)CO)cc1Cl. The minimum atomic E-state index is -0.260. The minimum absolute atomic E-state index is 0.0696. The van der Waals surface area contributed by atoms with Crippen LogP contribution in [0.1, 0.15) is 5.56 Å². The van der Waals surface area contributed by atoms with E-state index in [9.17, 15) is 0 Å². The number of methoxy groups -OCH3 is 1. The molecule has 1 aromatic rings. The van der Waals surface area contributed by atoms with Crippen LogP contribution in [0, 0.1) is 0 Å². The zero-order valence-corrected chi connectivity index (χ0v) is 10.6. The Kier molecular flexibility index (Phi) is 6.29. The topological polar surface area (TPSA) is 61.7 Å². The van der Waals surface area contributed by atoms with Crippen molar-refractivity contribution in [3.05, 3.63) is 28.8 Å². The number of nitrogens with one attached hydrogen (secondary N) is 1. The Balaban J connectivity index is 2.44. The minimum Gasteiger partial charge on any atom is -0.495 e. The number of aliphatic hydroxyl groups is 2. The molecule has 0 aliphatic carbocycles. The average Bonchev–Trinajstić information content (AvgIpc) is 2.35. The summed E-state index contributed by atoms with van der Waals surface area (Å²) in [7, 11) is 1.58. The van der Waals surface area contributed by atoms with Gasteiger partial charge in [-0.15, -0.1) is 0 Å². The van der Waals surface area contributed by atoms with E-state index in [2.05, 4.69) is 5.32 Å². The fourth-order valence-corrected chi connectivity index (χ4v) is 1.75. The lowest BCUT2D eigenvalue weighted by atomic mass is 10.1. The highest BCUT2D eigenvalue weighted by Gasteiger charge is 2.05. The molecule has 0 spiro atoms. The quantitative estimate of drug-likeness (QED) is 0.679. The van der Waals surface area contributed by atoms with E-state index < -0.39 is 0 Å². The summed E-state index contributed by atoms with van der Waals surface area (Å²) in [5, 5.41) is 21.4.